The van der Waals surface area contributed by atoms with E-state index >= 15 is 0 Å². The molecule has 112 valence electrons. The summed E-state index contributed by atoms with van der Waals surface area (Å²) in [7, 11) is 0. The molecule has 0 saturated heterocycles. The van der Waals surface area contributed by atoms with Crippen LogP contribution in [-0.4, -0.2) is 14.8 Å². The molecular formula is C17H17FN4. The minimum absolute atomic E-state index is 0.105. The first kappa shape index (κ1) is 14.4. The highest BCUT2D eigenvalue weighted by atomic mass is 19.1. The van der Waals surface area contributed by atoms with Gasteiger partial charge in [0, 0.05) is 6.54 Å². The Labute approximate surface area is 128 Å². The van der Waals surface area contributed by atoms with Crippen molar-refractivity contribution in [3.05, 3.63) is 84.2 Å². The van der Waals surface area contributed by atoms with E-state index in [9.17, 15) is 4.39 Å². The summed E-state index contributed by atoms with van der Waals surface area (Å²) in [6.07, 6.45) is 3.23. The number of rotatable bonds is 6. The van der Waals surface area contributed by atoms with Crippen molar-refractivity contribution in [1.82, 2.24) is 20.1 Å². The average Bonchev–Trinajstić information content (AvgIpc) is 3.07. The third-order valence-corrected chi connectivity index (χ3v) is 3.50. The number of hydrogen-bond donors (Lipinski definition) is 1. The van der Waals surface area contributed by atoms with Crippen LogP contribution in [0.5, 0.6) is 0 Å². The standard InChI is InChI=1S/C17H17FN4/c18-16-8-6-14(7-9-16)10-20-17(11-22-13-19-12-21-22)15-4-2-1-3-5-15/h1-9,12-13,17,20H,10-11H2/t17-/m1/s1. The van der Waals surface area contributed by atoms with Crippen LogP contribution in [0.2, 0.25) is 0 Å². The zero-order chi connectivity index (χ0) is 15.2. The van der Waals surface area contributed by atoms with Crippen molar-refractivity contribution in [3.63, 3.8) is 0 Å². The number of hydrogen-bond acceptors (Lipinski definition) is 3. The lowest BCUT2D eigenvalue weighted by Crippen LogP contribution is -2.25. The van der Waals surface area contributed by atoms with Crippen LogP contribution in [0.1, 0.15) is 17.2 Å². The molecule has 0 amide bonds. The molecular weight excluding hydrogens is 279 g/mol. The molecule has 22 heavy (non-hydrogen) atoms. The fourth-order valence-corrected chi connectivity index (χ4v) is 2.33. The van der Waals surface area contributed by atoms with Crippen molar-refractivity contribution >= 4 is 0 Å². The number of aromatic nitrogens is 3. The van der Waals surface area contributed by atoms with Crippen molar-refractivity contribution in [1.29, 1.82) is 0 Å². The first-order valence-corrected chi connectivity index (χ1v) is 7.16. The minimum atomic E-state index is -0.217. The van der Waals surface area contributed by atoms with Crippen molar-refractivity contribution in [2.24, 2.45) is 0 Å². The fourth-order valence-electron chi connectivity index (χ4n) is 2.33. The Morgan fingerprint density at radius 1 is 1.05 bits per heavy atom. The van der Waals surface area contributed by atoms with Gasteiger partial charge in [0.25, 0.3) is 0 Å². The highest BCUT2D eigenvalue weighted by molar-refractivity contribution is 5.20. The van der Waals surface area contributed by atoms with Crippen LogP contribution in [0.25, 0.3) is 0 Å². The molecule has 1 N–H and O–H groups in total. The summed E-state index contributed by atoms with van der Waals surface area (Å²) in [5.41, 5.74) is 2.22. The van der Waals surface area contributed by atoms with Crippen LogP contribution in [0, 0.1) is 5.82 Å². The van der Waals surface area contributed by atoms with Gasteiger partial charge in [-0.2, -0.15) is 5.10 Å². The number of benzene rings is 2. The van der Waals surface area contributed by atoms with Crippen molar-refractivity contribution in [2.75, 3.05) is 0 Å². The summed E-state index contributed by atoms with van der Waals surface area (Å²) in [6.45, 7) is 1.35. The van der Waals surface area contributed by atoms with Crippen LogP contribution in [0.15, 0.2) is 67.3 Å². The van der Waals surface area contributed by atoms with E-state index < -0.39 is 0 Å². The zero-order valence-electron chi connectivity index (χ0n) is 12.1. The summed E-state index contributed by atoms with van der Waals surface area (Å²) < 4.78 is 14.8. The minimum Gasteiger partial charge on any atom is -0.304 e. The van der Waals surface area contributed by atoms with Gasteiger partial charge in [-0.3, -0.25) is 4.68 Å². The van der Waals surface area contributed by atoms with Crippen LogP contribution >= 0.6 is 0 Å². The van der Waals surface area contributed by atoms with Crippen molar-refractivity contribution in [3.8, 4) is 0 Å². The van der Waals surface area contributed by atoms with Crippen LogP contribution < -0.4 is 5.32 Å². The predicted octanol–water partition coefficient (Wildman–Crippen LogP) is 2.95. The van der Waals surface area contributed by atoms with E-state index in [0.29, 0.717) is 13.1 Å². The molecule has 0 saturated carbocycles. The van der Waals surface area contributed by atoms with Gasteiger partial charge in [0.15, 0.2) is 0 Å². The molecule has 4 nitrogen and oxygen atoms in total. The summed E-state index contributed by atoms with van der Waals surface area (Å²) >= 11 is 0. The Hall–Kier alpha value is -2.53. The molecule has 0 aliphatic carbocycles. The normalized spacial score (nSPS) is 12.2. The maximum Gasteiger partial charge on any atom is 0.137 e. The van der Waals surface area contributed by atoms with Gasteiger partial charge in [-0.05, 0) is 23.3 Å². The van der Waals surface area contributed by atoms with Crippen molar-refractivity contribution < 1.29 is 4.39 Å². The first-order valence-electron chi connectivity index (χ1n) is 7.16. The lowest BCUT2D eigenvalue weighted by molar-refractivity contribution is 0.436. The van der Waals surface area contributed by atoms with Crippen molar-refractivity contribution in [2.45, 2.75) is 19.1 Å². The van der Waals surface area contributed by atoms with Crippen LogP contribution in [0.4, 0.5) is 4.39 Å². The number of nitrogens with one attached hydrogen (secondary N) is 1. The van der Waals surface area contributed by atoms with E-state index in [2.05, 4.69) is 27.5 Å². The van der Waals surface area contributed by atoms with E-state index in [4.69, 9.17) is 0 Å². The summed E-state index contributed by atoms with van der Waals surface area (Å²) in [6, 6.07) is 16.8. The first-order chi connectivity index (χ1) is 10.8. The Bertz CT molecular complexity index is 680. The molecule has 0 bridgehead atoms. The molecule has 2 aromatic carbocycles. The van der Waals surface area contributed by atoms with Gasteiger partial charge in [-0.1, -0.05) is 42.5 Å². The largest absolute Gasteiger partial charge is 0.304 e. The van der Waals surface area contributed by atoms with Gasteiger partial charge in [0.1, 0.15) is 18.5 Å². The molecule has 3 aromatic rings. The predicted molar refractivity (Wildman–Crippen MR) is 82.4 cm³/mol. The van der Waals surface area contributed by atoms with E-state index in [0.717, 1.165) is 5.56 Å². The maximum absolute atomic E-state index is 13.0. The molecule has 0 unspecified atom stereocenters. The molecule has 0 spiro atoms. The molecule has 1 heterocycles. The zero-order valence-corrected chi connectivity index (χ0v) is 12.1. The van der Waals surface area contributed by atoms with Crippen LogP contribution in [-0.2, 0) is 13.1 Å². The third kappa shape index (κ3) is 3.77. The van der Waals surface area contributed by atoms with Gasteiger partial charge in [0.05, 0.1) is 12.6 Å². The maximum atomic E-state index is 13.0. The summed E-state index contributed by atoms with van der Waals surface area (Å²) in [5.74, 6) is -0.217. The third-order valence-electron chi connectivity index (χ3n) is 3.50. The van der Waals surface area contributed by atoms with Gasteiger partial charge in [0.2, 0.25) is 0 Å². The monoisotopic (exact) mass is 296 g/mol. The second-order valence-electron chi connectivity index (χ2n) is 5.09. The molecule has 0 aliphatic heterocycles. The summed E-state index contributed by atoms with van der Waals surface area (Å²) in [4.78, 5) is 3.98. The number of nitrogens with zero attached hydrogens (tertiary/aromatic N) is 3. The Morgan fingerprint density at radius 3 is 2.50 bits per heavy atom. The molecule has 0 radical (unpaired) electrons. The Morgan fingerprint density at radius 2 is 1.82 bits per heavy atom. The molecule has 5 heteroatoms. The molecule has 1 atom stereocenters. The van der Waals surface area contributed by atoms with E-state index in [1.165, 1.54) is 24.0 Å². The van der Waals surface area contributed by atoms with Gasteiger partial charge in [-0.25, -0.2) is 9.37 Å². The Kier molecular flexibility index (Phi) is 4.56. The molecule has 0 fully saturated rings. The van der Waals surface area contributed by atoms with E-state index in [1.54, 1.807) is 23.1 Å². The number of halogens is 1. The van der Waals surface area contributed by atoms with Gasteiger partial charge < -0.3 is 5.32 Å². The lowest BCUT2D eigenvalue weighted by Gasteiger charge is -2.19. The topological polar surface area (TPSA) is 42.7 Å². The lowest BCUT2D eigenvalue weighted by atomic mass is 10.1. The average molecular weight is 296 g/mol. The second kappa shape index (κ2) is 6.95. The fraction of sp³-hybridized carbons (Fsp3) is 0.176. The quantitative estimate of drug-likeness (QED) is 0.760. The Balaban J connectivity index is 1.72. The van der Waals surface area contributed by atoms with E-state index in [-0.39, 0.29) is 11.9 Å². The molecule has 1 aromatic heterocycles. The highest BCUT2D eigenvalue weighted by Crippen LogP contribution is 2.15. The SMILES string of the molecule is Fc1ccc(CN[C@H](Cn2cncn2)c2ccccc2)cc1. The summed E-state index contributed by atoms with van der Waals surface area (Å²) in [5, 5.41) is 7.66. The van der Waals surface area contributed by atoms with Gasteiger partial charge >= 0.3 is 0 Å². The van der Waals surface area contributed by atoms with E-state index in [1.807, 2.05) is 18.2 Å². The highest BCUT2D eigenvalue weighted by Gasteiger charge is 2.12. The molecule has 3 rings (SSSR count). The smallest absolute Gasteiger partial charge is 0.137 e. The van der Waals surface area contributed by atoms with Gasteiger partial charge in [-0.15, -0.1) is 0 Å². The molecule has 0 aliphatic rings. The second-order valence-corrected chi connectivity index (χ2v) is 5.09. The van der Waals surface area contributed by atoms with Crippen LogP contribution in [0.3, 0.4) is 0 Å².